The zero-order valence-corrected chi connectivity index (χ0v) is 14.1. The normalized spacial score (nSPS) is 12.0. The average Bonchev–Trinajstić information content (AvgIpc) is 2.92. The Morgan fingerprint density at radius 1 is 1.43 bits per heavy atom. The minimum absolute atomic E-state index is 0.0945. The fourth-order valence-electron chi connectivity index (χ4n) is 2.00. The zero-order valence-electron chi connectivity index (χ0n) is 13.3. The second kappa shape index (κ2) is 7.48. The van der Waals surface area contributed by atoms with E-state index in [-0.39, 0.29) is 25.2 Å². The van der Waals surface area contributed by atoms with Crippen LogP contribution in [0.1, 0.15) is 18.5 Å². The number of urea groups is 1. The molecule has 1 aromatic heterocycles. The van der Waals surface area contributed by atoms with Crippen LogP contribution >= 0.6 is 11.6 Å². The number of likely N-dealkylation sites (N-methyl/N-ethyl adjacent to an activating group) is 1. The maximum Gasteiger partial charge on any atom is 0.317 e. The zero-order chi connectivity index (χ0) is 17.0. The minimum atomic E-state index is -0.296. The first kappa shape index (κ1) is 17.3. The van der Waals surface area contributed by atoms with Gasteiger partial charge in [-0.3, -0.25) is 0 Å². The first-order valence-corrected chi connectivity index (χ1v) is 7.64. The van der Waals surface area contributed by atoms with Crippen molar-refractivity contribution in [2.24, 2.45) is 0 Å². The molecule has 23 heavy (non-hydrogen) atoms. The molecule has 0 radical (unpaired) electrons. The Bertz CT molecular complexity index is 670. The molecule has 2 rings (SSSR count). The lowest BCUT2D eigenvalue weighted by Crippen LogP contribution is -2.43. The summed E-state index contributed by atoms with van der Waals surface area (Å²) in [4.78, 5) is 17.7. The van der Waals surface area contributed by atoms with E-state index in [1.54, 1.807) is 26.1 Å². The fraction of sp³-hybridized carbons (Fsp3) is 0.375. The number of hydrogen-bond donors (Lipinski definition) is 2. The molecular formula is C16H20ClN3O3. The van der Waals surface area contributed by atoms with Gasteiger partial charge in [-0.25, -0.2) is 9.78 Å². The van der Waals surface area contributed by atoms with Crippen molar-refractivity contribution in [2.45, 2.75) is 26.4 Å². The number of oxazole rings is 1. The highest BCUT2D eigenvalue weighted by Gasteiger charge is 2.16. The lowest BCUT2D eigenvalue weighted by Gasteiger charge is -2.22. The van der Waals surface area contributed by atoms with Gasteiger partial charge in [0.05, 0.1) is 24.9 Å². The number of aliphatic hydroxyl groups is 1. The second-order valence-corrected chi connectivity index (χ2v) is 5.77. The van der Waals surface area contributed by atoms with Gasteiger partial charge in [-0.2, -0.15) is 0 Å². The van der Waals surface area contributed by atoms with Gasteiger partial charge in [-0.05, 0) is 38.1 Å². The SMILES string of the molecule is Cc1nc(CNC(=O)N(C)C(C)CO)oc1-c1ccc(Cl)cc1. The fourth-order valence-corrected chi connectivity index (χ4v) is 2.12. The Morgan fingerprint density at radius 2 is 2.09 bits per heavy atom. The number of aliphatic hydroxyl groups excluding tert-OH is 1. The number of halogens is 1. The molecule has 1 heterocycles. The van der Waals surface area contributed by atoms with Crippen LogP contribution in [0.25, 0.3) is 11.3 Å². The maximum absolute atomic E-state index is 11.9. The molecule has 0 saturated heterocycles. The summed E-state index contributed by atoms with van der Waals surface area (Å²) in [5.41, 5.74) is 1.62. The molecule has 6 nitrogen and oxygen atoms in total. The predicted octanol–water partition coefficient (Wildman–Crippen LogP) is 2.83. The number of aromatic nitrogens is 1. The molecule has 0 fully saturated rings. The van der Waals surface area contributed by atoms with Crippen molar-refractivity contribution in [3.8, 4) is 11.3 Å². The number of rotatable bonds is 5. The molecule has 1 aromatic carbocycles. The first-order valence-electron chi connectivity index (χ1n) is 7.26. The Labute approximate surface area is 140 Å². The number of amides is 2. The van der Waals surface area contributed by atoms with Crippen LogP contribution in [-0.4, -0.2) is 40.7 Å². The number of nitrogens with one attached hydrogen (secondary N) is 1. The van der Waals surface area contributed by atoms with E-state index in [0.29, 0.717) is 16.7 Å². The Balaban J connectivity index is 2.04. The molecule has 1 unspecified atom stereocenters. The van der Waals surface area contributed by atoms with Gasteiger partial charge in [-0.1, -0.05) is 11.6 Å². The van der Waals surface area contributed by atoms with E-state index in [1.807, 2.05) is 19.1 Å². The van der Waals surface area contributed by atoms with Crippen molar-refractivity contribution in [1.82, 2.24) is 15.2 Å². The molecule has 0 aliphatic carbocycles. The molecule has 0 bridgehead atoms. The lowest BCUT2D eigenvalue weighted by atomic mass is 10.1. The van der Waals surface area contributed by atoms with Crippen molar-refractivity contribution in [3.63, 3.8) is 0 Å². The number of nitrogens with zero attached hydrogens (tertiary/aromatic N) is 2. The number of carbonyl (C=O) groups excluding carboxylic acids is 1. The standard InChI is InChI=1S/C16H20ClN3O3/c1-10(9-21)20(3)16(22)18-8-14-19-11(2)15(23-14)12-4-6-13(17)7-5-12/h4-7,10,21H,8-9H2,1-3H3,(H,18,22). The van der Waals surface area contributed by atoms with Gasteiger partial charge in [-0.15, -0.1) is 0 Å². The number of aryl methyl sites for hydroxylation is 1. The topological polar surface area (TPSA) is 78.6 Å². The van der Waals surface area contributed by atoms with Gasteiger partial charge in [0, 0.05) is 17.6 Å². The predicted molar refractivity (Wildman–Crippen MR) is 88.2 cm³/mol. The Hall–Kier alpha value is -2.05. The van der Waals surface area contributed by atoms with Gasteiger partial charge in [0.25, 0.3) is 0 Å². The van der Waals surface area contributed by atoms with Gasteiger partial charge < -0.3 is 19.7 Å². The quantitative estimate of drug-likeness (QED) is 0.879. The molecule has 0 spiro atoms. The van der Waals surface area contributed by atoms with Crippen LogP contribution in [0.15, 0.2) is 28.7 Å². The van der Waals surface area contributed by atoms with Crippen LogP contribution in [-0.2, 0) is 6.54 Å². The van der Waals surface area contributed by atoms with E-state index in [1.165, 1.54) is 4.90 Å². The van der Waals surface area contributed by atoms with Crippen LogP contribution in [0.2, 0.25) is 5.02 Å². The monoisotopic (exact) mass is 337 g/mol. The minimum Gasteiger partial charge on any atom is -0.438 e. The highest BCUT2D eigenvalue weighted by molar-refractivity contribution is 6.30. The molecule has 2 aromatic rings. The van der Waals surface area contributed by atoms with E-state index in [4.69, 9.17) is 21.1 Å². The molecule has 0 aliphatic rings. The van der Waals surface area contributed by atoms with Crippen molar-refractivity contribution >= 4 is 17.6 Å². The van der Waals surface area contributed by atoms with Gasteiger partial charge >= 0.3 is 6.03 Å². The van der Waals surface area contributed by atoms with Crippen molar-refractivity contribution in [1.29, 1.82) is 0 Å². The largest absolute Gasteiger partial charge is 0.438 e. The third kappa shape index (κ3) is 4.24. The average molecular weight is 338 g/mol. The highest BCUT2D eigenvalue weighted by Crippen LogP contribution is 2.25. The van der Waals surface area contributed by atoms with E-state index < -0.39 is 0 Å². The number of benzene rings is 1. The van der Waals surface area contributed by atoms with Gasteiger partial charge in [0.1, 0.15) is 0 Å². The molecule has 7 heteroatoms. The molecule has 0 saturated carbocycles. The van der Waals surface area contributed by atoms with Crippen molar-refractivity contribution in [3.05, 3.63) is 40.9 Å². The van der Waals surface area contributed by atoms with E-state index in [2.05, 4.69) is 10.3 Å². The van der Waals surface area contributed by atoms with Gasteiger partial charge in [0.2, 0.25) is 5.89 Å². The molecule has 124 valence electrons. The van der Waals surface area contributed by atoms with Crippen molar-refractivity contribution in [2.75, 3.05) is 13.7 Å². The van der Waals surface area contributed by atoms with Crippen LogP contribution < -0.4 is 5.32 Å². The smallest absolute Gasteiger partial charge is 0.317 e. The summed E-state index contributed by atoms with van der Waals surface area (Å²) in [7, 11) is 1.62. The lowest BCUT2D eigenvalue weighted by molar-refractivity contribution is 0.156. The molecule has 2 N–H and O–H groups in total. The van der Waals surface area contributed by atoms with Crippen molar-refractivity contribution < 1.29 is 14.3 Å². The summed E-state index contributed by atoms with van der Waals surface area (Å²) >= 11 is 5.88. The van der Waals surface area contributed by atoms with E-state index in [0.717, 1.165) is 11.3 Å². The molecule has 2 amide bonds. The first-order chi connectivity index (χ1) is 10.9. The summed E-state index contributed by atoms with van der Waals surface area (Å²) in [6.45, 7) is 3.69. The molecule has 0 aliphatic heterocycles. The Kier molecular flexibility index (Phi) is 5.63. The maximum atomic E-state index is 11.9. The summed E-state index contributed by atoms with van der Waals surface area (Å²) in [6, 6.07) is 6.72. The van der Waals surface area contributed by atoms with Crippen LogP contribution in [0.4, 0.5) is 4.79 Å². The Morgan fingerprint density at radius 3 is 2.70 bits per heavy atom. The second-order valence-electron chi connectivity index (χ2n) is 5.33. The third-order valence-electron chi connectivity index (χ3n) is 3.58. The number of carbonyl (C=O) groups is 1. The van der Waals surface area contributed by atoms with Crippen LogP contribution in [0, 0.1) is 6.92 Å². The van der Waals surface area contributed by atoms with E-state index in [9.17, 15) is 4.79 Å². The molecule has 1 atom stereocenters. The van der Waals surface area contributed by atoms with E-state index >= 15 is 0 Å². The molecular weight excluding hydrogens is 318 g/mol. The van der Waals surface area contributed by atoms with Gasteiger partial charge in [0.15, 0.2) is 5.76 Å². The summed E-state index contributed by atoms with van der Waals surface area (Å²) in [5.74, 6) is 1.08. The van der Waals surface area contributed by atoms with Crippen LogP contribution in [0.5, 0.6) is 0 Å². The number of hydrogen-bond acceptors (Lipinski definition) is 4. The summed E-state index contributed by atoms with van der Waals surface area (Å²) in [6.07, 6.45) is 0. The summed E-state index contributed by atoms with van der Waals surface area (Å²) < 4.78 is 5.72. The summed E-state index contributed by atoms with van der Waals surface area (Å²) in [5, 5.41) is 12.4. The highest BCUT2D eigenvalue weighted by atomic mass is 35.5. The van der Waals surface area contributed by atoms with Crippen LogP contribution in [0.3, 0.4) is 0 Å². The third-order valence-corrected chi connectivity index (χ3v) is 3.84.